The molecule has 1 fully saturated rings. The van der Waals surface area contributed by atoms with Gasteiger partial charge in [-0.25, -0.2) is 0 Å². The minimum absolute atomic E-state index is 0.0176. The van der Waals surface area contributed by atoms with Crippen LogP contribution in [0.25, 0.3) is 0 Å². The van der Waals surface area contributed by atoms with Crippen LogP contribution >= 0.6 is 126 Å². The second kappa shape index (κ2) is 36.8. The molecular formula is C46H98O9S10Si3. The maximum absolute atomic E-state index is 7.03. The van der Waals surface area contributed by atoms with Crippen LogP contribution in [0.15, 0.2) is 0 Å². The summed E-state index contributed by atoms with van der Waals surface area (Å²) in [5, 5.41) is -1.48. The molecule has 1 aliphatic rings. The Morgan fingerprint density at radius 1 is 0.368 bits per heavy atom. The predicted octanol–water partition coefficient (Wildman–Crippen LogP) is 12.7. The van der Waals surface area contributed by atoms with E-state index in [2.05, 4.69) is 20.8 Å². The second-order valence-corrected chi connectivity index (χ2v) is 32.7. The van der Waals surface area contributed by atoms with Gasteiger partial charge in [0.25, 0.3) is 0 Å². The van der Waals surface area contributed by atoms with Crippen molar-refractivity contribution in [2.24, 2.45) is 17.8 Å². The summed E-state index contributed by atoms with van der Waals surface area (Å²) in [6.45, 7) is 28.8. The zero-order valence-corrected chi connectivity index (χ0v) is 55.6. The van der Waals surface area contributed by atoms with Crippen LogP contribution in [0.4, 0.5) is 0 Å². The van der Waals surface area contributed by atoms with Crippen LogP contribution < -0.4 is 0 Å². The Hall–Kier alpha value is 3.79. The van der Waals surface area contributed by atoms with E-state index in [1.165, 1.54) is 0 Å². The molecule has 408 valence electrons. The molecule has 22 heteroatoms. The van der Waals surface area contributed by atoms with Crippen LogP contribution in [0.5, 0.6) is 0 Å². The molecule has 0 aromatic carbocycles. The van der Waals surface area contributed by atoms with Gasteiger partial charge in [0, 0.05) is 129 Å². The van der Waals surface area contributed by atoms with Crippen LogP contribution in [-0.2, 0) is 39.8 Å². The average molecular weight is 1200 g/mol. The first kappa shape index (κ1) is 69.8. The third-order valence-corrected chi connectivity index (χ3v) is 32.5. The topological polar surface area (TPSA) is 83.1 Å². The van der Waals surface area contributed by atoms with Crippen molar-refractivity contribution in [3.63, 3.8) is 0 Å². The van der Waals surface area contributed by atoms with E-state index in [1.807, 2.05) is 62.3 Å². The van der Waals surface area contributed by atoms with Gasteiger partial charge in [0.05, 0.1) is 0 Å². The van der Waals surface area contributed by atoms with Gasteiger partial charge in [0.1, 0.15) is 0 Å². The summed E-state index contributed by atoms with van der Waals surface area (Å²) < 4.78 is 62.0. The summed E-state index contributed by atoms with van der Waals surface area (Å²) in [7, 11) is -10.3. The Kier molecular flexibility index (Phi) is 37.8. The molecular weight excluding hydrogens is 1100 g/mol. The normalized spacial score (nSPS) is 23.5. The highest BCUT2D eigenvalue weighted by Gasteiger charge is 2.63. The molecule has 1 saturated carbocycles. The minimum Gasteiger partial charge on any atom is -0.374 e. The number of hydrogen-bond donors (Lipinski definition) is 10. The van der Waals surface area contributed by atoms with E-state index >= 15 is 0 Å². The SMILES string of the molecule is CCCC(S)C(S)C(S)C(S)C(S)CC(C1CCC(C(C)[Si](OCC)(OCC)OCC)CC1C(CC(S)C(S)C(S)C(S)C(S)CCC)[Si](OCC)(OCC)OCC)[Si](OCC)(OCC)OCC. The first-order valence-electron chi connectivity index (χ1n) is 25.8. The Labute approximate surface area is 475 Å². The molecule has 16 unspecified atom stereocenters. The molecule has 16 atom stereocenters. The first-order valence-corrected chi connectivity index (χ1v) is 36.4. The quantitative estimate of drug-likeness (QED) is 0.0218. The van der Waals surface area contributed by atoms with Crippen molar-refractivity contribution in [2.75, 3.05) is 59.5 Å². The van der Waals surface area contributed by atoms with Crippen LogP contribution in [0.1, 0.15) is 141 Å². The standard InChI is InChI=1S/C46H98O9S10Si3/c1-13-24-35(56)41(60)45(64)43(62)37(58)29-39(67(50-18-6,51-19-7)52-20-8)33-27-26-32(31(12)66(47-15-3,48-16-4)49-17-5)28-34(33)40(68(53-21-9,54-22-10)55-23-11)30-38(59)44(63)46(65)42(61)36(57)25-14-2/h31-46,56-65H,13-30H2,1-12H3. The van der Waals surface area contributed by atoms with Gasteiger partial charge in [-0.15, -0.1) is 0 Å². The van der Waals surface area contributed by atoms with Crippen LogP contribution in [0, 0.1) is 17.8 Å². The van der Waals surface area contributed by atoms with Gasteiger partial charge in [-0.1, -0.05) is 33.6 Å². The Balaban J connectivity index is 4.52. The fourth-order valence-corrected chi connectivity index (χ4v) is 25.7. The average Bonchev–Trinajstić information content (AvgIpc) is 3.31. The Morgan fingerprint density at radius 2 is 0.647 bits per heavy atom. The summed E-state index contributed by atoms with van der Waals surface area (Å²) in [6.07, 6.45) is 7.53. The van der Waals surface area contributed by atoms with E-state index in [9.17, 15) is 0 Å². The molecule has 0 aromatic heterocycles. The Bertz CT molecular complexity index is 1250. The molecule has 0 saturated heterocycles. The highest BCUT2D eigenvalue weighted by atomic mass is 32.1. The predicted molar refractivity (Wildman–Crippen MR) is 330 cm³/mol. The number of rotatable bonds is 40. The fraction of sp³-hybridized carbons (Fsp3) is 1.00. The lowest BCUT2D eigenvalue weighted by molar-refractivity contribution is 0.0105. The van der Waals surface area contributed by atoms with Crippen molar-refractivity contribution in [1.29, 1.82) is 0 Å². The summed E-state index contributed by atoms with van der Waals surface area (Å²) in [6, 6.07) is 0. The van der Waals surface area contributed by atoms with Gasteiger partial charge >= 0.3 is 26.4 Å². The van der Waals surface area contributed by atoms with E-state index in [0.29, 0.717) is 72.3 Å². The second-order valence-electron chi connectivity index (χ2n) is 17.9. The summed E-state index contributed by atoms with van der Waals surface area (Å²) >= 11 is 52.0. The van der Waals surface area contributed by atoms with E-state index in [0.717, 1.165) is 44.9 Å². The monoisotopic (exact) mass is 1200 g/mol. The fourth-order valence-electron chi connectivity index (χ4n) is 10.4. The van der Waals surface area contributed by atoms with Crippen molar-refractivity contribution in [2.45, 2.75) is 210 Å². The van der Waals surface area contributed by atoms with Crippen molar-refractivity contribution < 1.29 is 39.8 Å². The third kappa shape index (κ3) is 19.9. The Morgan fingerprint density at radius 3 is 0.941 bits per heavy atom. The molecule has 0 spiro atoms. The lowest BCUT2D eigenvalue weighted by atomic mass is 9.68. The van der Waals surface area contributed by atoms with Crippen molar-refractivity contribution >= 4 is 153 Å². The van der Waals surface area contributed by atoms with E-state index < -0.39 is 26.4 Å². The molecule has 0 aromatic rings. The lowest BCUT2D eigenvalue weighted by Crippen LogP contribution is -2.59. The van der Waals surface area contributed by atoms with E-state index in [4.69, 9.17) is 166 Å². The van der Waals surface area contributed by atoms with Gasteiger partial charge in [0.2, 0.25) is 0 Å². The molecule has 0 bridgehead atoms. The number of thiol groups is 10. The van der Waals surface area contributed by atoms with E-state index in [-0.39, 0.29) is 86.9 Å². The minimum atomic E-state index is -3.59. The van der Waals surface area contributed by atoms with Crippen LogP contribution in [0.2, 0.25) is 16.6 Å². The van der Waals surface area contributed by atoms with Gasteiger partial charge in [-0.2, -0.15) is 126 Å². The van der Waals surface area contributed by atoms with Gasteiger partial charge in [-0.05, 0) is 125 Å². The summed E-state index contributed by atoms with van der Waals surface area (Å²) in [5.41, 5.74) is -0.473. The maximum Gasteiger partial charge on any atom is 0.504 e. The molecule has 0 heterocycles. The highest BCUT2D eigenvalue weighted by Crippen LogP contribution is 2.58. The smallest absolute Gasteiger partial charge is 0.374 e. The third-order valence-electron chi connectivity index (χ3n) is 13.4. The summed E-state index contributed by atoms with van der Waals surface area (Å²) in [5.74, 6) is 0.0542. The van der Waals surface area contributed by atoms with Crippen LogP contribution in [-0.4, -0.2) is 138 Å². The molecule has 9 nitrogen and oxygen atoms in total. The molecule has 1 aliphatic carbocycles. The van der Waals surface area contributed by atoms with Gasteiger partial charge < -0.3 is 39.8 Å². The van der Waals surface area contributed by atoms with Crippen molar-refractivity contribution in [1.82, 2.24) is 0 Å². The molecule has 1 rings (SSSR count). The zero-order valence-electron chi connectivity index (χ0n) is 43.6. The highest BCUT2D eigenvalue weighted by molar-refractivity contribution is 7.90. The molecule has 0 aliphatic heterocycles. The number of hydrogen-bond acceptors (Lipinski definition) is 19. The lowest BCUT2D eigenvalue weighted by Gasteiger charge is -2.52. The first-order chi connectivity index (χ1) is 32.3. The maximum atomic E-state index is 7.03. The zero-order chi connectivity index (χ0) is 51.8. The van der Waals surface area contributed by atoms with Crippen molar-refractivity contribution in [3.8, 4) is 0 Å². The molecule has 0 radical (unpaired) electrons. The van der Waals surface area contributed by atoms with Gasteiger partial charge in [0.15, 0.2) is 0 Å². The van der Waals surface area contributed by atoms with Crippen LogP contribution in [0.3, 0.4) is 0 Å². The van der Waals surface area contributed by atoms with E-state index in [1.54, 1.807) is 0 Å². The molecule has 0 amide bonds. The molecule has 68 heavy (non-hydrogen) atoms. The largest absolute Gasteiger partial charge is 0.504 e. The summed E-state index contributed by atoms with van der Waals surface area (Å²) in [4.78, 5) is 0. The van der Waals surface area contributed by atoms with Crippen molar-refractivity contribution in [3.05, 3.63) is 0 Å². The van der Waals surface area contributed by atoms with Gasteiger partial charge in [-0.3, -0.25) is 0 Å². The molecule has 0 N–H and O–H groups in total.